The molecule has 3 rings (SSSR count). The number of carboxylic acids is 1. The molecule has 1 N–H and O–H groups in total. The number of hydrogen-bond donors (Lipinski definition) is 1. The SMILES string of the molecule is C=CC(=O)OC1(C2(OCC(CC)CCCC)CC2)CC1.O=C(O)C=CC1CCCCC1. The minimum atomic E-state index is -0.824. The molecule has 0 saturated heterocycles. The summed E-state index contributed by atoms with van der Waals surface area (Å²) in [6.45, 7) is 8.75. The summed E-state index contributed by atoms with van der Waals surface area (Å²) in [6.07, 6.45) is 19.4. The molecule has 3 saturated carbocycles. The van der Waals surface area contributed by atoms with Gasteiger partial charge in [-0.3, -0.25) is 0 Å². The third-order valence-electron chi connectivity index (χ3n) is 7.00. The van der Waals surface area contributed by atoms with E-state index in [0.29, 0.717) is 11.8 Å². The summed E-state index contributed by atoms with van der Waals surface area (Å²) in [5, 5.41) is 8.36. The summed E-state index contributed by atoms with van der Waals surface area (Å²) in [5.74, 6) is 0.0316. The van der Waals surface area contributed by atoms with Gasteiger partial charge in [0.25, 0.3) is 0 Å². The molecule has 3 fully saturated rings. The quantitative estimate of drug-likeness (QED) is 0.291. The van der Waals surface area contributed by atoms with Gasteiger partial charge in [0.05, 0.1) is 6.61 Å². The van der Waals surface area contributed by atoms with Crippen LogP contribution in [-0.2, 0) is 19.1 Å². The smallest absolute Gasteiger partial charge is 0.330 e. The second-order valence-electron chi connectivity index (χ2n) is 9.44. The molecule has 0 amide bonds. The third kappa shape index (κ3) is 8.10. The lowest BCUT2D eigenvalue weighted by molar-refractivity contribution is -0.161. The molecule has 1 unspecified atom stereocenters. The minimum absolute atomic E-state index is 0.175. The minimum Gasteiger partial charge on any atom is -0.478 e. The lowest BCUT2D eigenvalue weighted by Gasteiger charge is -2.28. The molecule has 0 radical (unpaired) electrons. The predicted octanol–water partition coefficient (Wildman–Crippen LogP) is 6.22. The molecule has 3 aliphatic carbocycles. The van der Waals surface area contributed by atoms with Crippen LogP contribution in [0.5, 0.6) is 0 Å². The summed E-state index contributed by atoms with van der Waals surface area (Å²) < 4.78 is 11.8. The monoisotopic (exact) mass is 434 g/mol. The highest BCUT2D eigenvalue weighted by Gasteiger charge is 2.69. The number of unbranched alkanes of at least 4 members (excludes halogenated alkanes) is 1. The van der Waals surface area contributed by atoms with Crippen LogP contribution in [-0.4, -0.2) is 34.9 Å². The van der Waals surface area contributed by atoms with E-state index in [2.05, 4.69) is 20.4 Å². The predicted molar refractivity (Wildman–Crippen MR) is 123 cm³/mol. The molecule has 3 aliphatic rings. The van der Waals surface area contributed by atoms with E-state index >= 15 is 0 Å². The van der Waals surface area contributed by atoms with Crippen LogP contribution >= 0.6 is 0 Å². The van der Waals surface area contributed by atoms with Gasteiger partial charge in [-0.2, -0.15) is 0 Å². The Balaban J connectivity index is 0.000000262. The van der Waals surface area contributed by atoms with Crippen LogP contribution < -0.4 is 0 Å². The van der Waals surface area contributed by atoms with Crippen LogP contribution in [0.4, 0.5) is 0 Å². The van der Waals surface area contributed by atoms with Gasteiger partial charge in [-0.05, 0) is 56.8 Å². The summed E-state index contributed by atoms with van der Waals surface area (Å²) >= 11 is 0. The average Bonchev–Trinajstić information content (AvgIpc) is 3.70. The zero-order valence-corrected chi connectivity index (χ0v) is 19.6. The first-order valence-corrected chi connectivity index (χ1v) is 12.3. The molecule has 5 nitrogen and oxygen atoms in total. The molecular formula is C26H42O5. The molecule has 0 heterocycles. The normalized spacial score (nSPS) is 22.1. The third-order valence-corrected chi connectivity index (χ3v) is 7.00. The summed E-state index contributed by atoms with van der Waals surface area (Å²) in [6, 6.07) is 0. The van der Waals surface area contributed by atoms with E-state index in [1.165, 1.54) is 63.5 Å². The second-order valence-corrected chi connectivity index (χ2v) is 9.44. The van der Waals surface area contributed by atoms with Gasteiger partial charge in [0, 0.05) is 12.2 Å². The van der Waals surface area contributed by atoms with Crippen molar-refractivity contribution in [3.8, 4) is 0 Å². The molecule has 31 heavy (non-hydrogen) atoms. The molecule has 5 heteroatoms. The van der Waals surface area contributed by atoms with Crippen molar-refractivity contribution in [2.45, 2.75) is 109 Å². The molecule has 0 aromatic carbocycles. The van der Waals surface area contributed by atoms with E-state index in [9.17, 15) is 9.59 Å². The van der Waals surface area contributed by atoms with Crippen LogP contribution in [0.15, 0.2) is 24.8 Å². The average molecular weight is 435 g/mol. The topological polar surface area (TPSA) is 72.8 Å². The Morgan fingerprint density at radius 1 is 1.10 bits per heavy atom. The number of carbonyl (C=O) groups excluding carboxylic acids is 1. The molecule has 0 bridgehead atoms. The Morgan fingerprint density at radius 3 is 2.23 bits per heavy atom. The summed E-state index contributed by atoms with van der Waals surface area (Å²) in [5.41, 5.74) is -0.507. The van der Waals surface area contributed by atoms with Crippen LogP contribution in [0, 0.1) is 11.8 Å². The van der Waals surface area contributed by atoms with E-state index in [1.807, 2.05) is 6.08 Å². The van der Waals surface area contributed by atoms with E-state index in [4.69, 9.17) is 14.6 Å². The first kappa shape index (κ1) is 25.6. The highest BCUT2D eigenvalue weighted by Crippen LogP contribution is 2.62. The molecule has 176 valence electrons. The van der Waals surface area contributed by atoms with E-state index in [0.717, 1.165) is 38.7 Å². The maximum Gasteiger partial charge on any atom is 0.330 e. The fourth-order valence-electron chi connectivity index (χ4n) is 4.56. The van der Waals surface area contributed by atoms with Crippen molar-refractivity contribution in [2.75, 3.05) is 6.61 Å². The zero-order chi connectivity index (χ0) is 22.7. The number of carbonyl (C=O) groups is 2. The molecular weight excluding hydrogens is 392 g/mol. The maximum absolute atomic E-state index is 11.5. The number of carboxylic acid groups (broad SMARTS) is 1. The first-order valence-electron chi connectivity index (χ1n) is 12.3. The van der Waals surface area contributed by atoms with Crippen molar-refractivity contribution in [1.29, 1.82) is 0 Å². The van der Waals surface area contributed by atoms with Crippen LogP contribution in [0.25, 0.3) is 0 Å². The zero-order valence-electron chi connectivity index (χ0n) is 19.6. The van der Waals surface area contributed by atoms with Crippen molar-refractivity contribution in [2.24, 2.45) is 11.8 Å². The van der Waals surface area contributed by atoms with E-state index in [-0.39, 0.29) is 17.2 Å². The van der Waals surface area contributed by atoms with Crippen molar-refractivity contribution in [1.82, 2.24) is 0 Å². The maximum atomic E-state index is 11.5. The molecule has 0 aromatic heterocycles. The van der Waals surface area contributed by atoms with Gasteiger partial charge in [0.2, 0.25) is 0 Å². The van der Waals surface area contributed by atoms with Crippen molar-refractivity contribution in [3.63, 3.8) is 0 Å². The molecule has 0 aromatic rings. The van der Waals surface area contributed by atoms with Crippen molar-refractivity contribution in [3.05, 3.63) is 24.8 Å². The number of hydrogen-bond acceptors (Lipinski definition) is 4. The largest absolute Gasteiger partial charge is 0.478 e. The van der Waals surface area contributed by atoms with Crippen LogP contribution in [0.3, 0.4) is 0 Å². The van der Waals surface area contributed by atoms with Gasteiger partial charge in [0.15, 0.2) is 0 Å². The van der Waals surface area contributed by atoms with Gasteiger partial charge in [0.1, 0.15) is 11.2 Å². The van der Waals surface area contributed by atoms with Gasteiger partial charge in [-0.1, -0.05) is 65.0 Å². The highest BCUT2D eigenvalue weighted by atomic mass is 16.6. The Labute approximate surface area is 188 Å². The molecule has 0 spiro atoms. The number of aliphatic carboxylic acids is 1. The summed E-state index contributed by atoms with van der Waals surface area (Å²) in [4.78, 5) is 21.6. The number of ether oxygens (including phenoxy) is 2. The number of esters is 1. The van der Waals surface area contributed by atoms with E-state index < -0.39 is 5.97 Å². The van der Waals surface area contributed by atoms with Crippen molar-refractivity contribution < 1.29 is 24.2 Å². The van der Waals surface area contributed by atoms with Gasteiger partial charge < -0.3 is 14.6 Å². The molecule has 0 aliphatic heterocycles. The second kappa shape index (κ2) is 12.4. The van der Waals surface area contributed by atoms with E-state index in [1.54, 1.807) is 0 Å². The van der Waals surface area contributed by atoms with Crippen LogP contribution in [0.2, 0.25) is 0 Å². The molecule has 1 atom stereocenters. The fourth-order valence-corrected chi connectivity index (χ4v) is 4.56. The Morgan fingerprint density at radius 2 is 1.74 bits per heavy atom. The lowest BCUT2D eigenvalue weighted by atomic mass is 9.89. The standard InChI is InChI=1S/C17H28O3.C9H14O2/c1-4-7-8-14(5-2)13-19-16(9-10-16)17(11-12-17)20-15(18)6-3;10-9(11)7-6-8-4-2-1-3-5-8/h6,14H,3-5,7-13H2,1-2H3;6-8H,1-5H2,(H,10,11). The first-order chi connectivity index (χ1) is 14.9. The van der Waals surface area contributed by atoms with Gasteiger partial charge in [-0.25, -0.2) is 9.59 Å². The Hall–Kier alpha value is -1.62. The Kier molecular flexibility index (Phi) is 10.3. The summed E-state index contributed by atoms with van der Waals surface area (Å²) in [7, 11) is 0. The fraction of sp³-hybridized carbons (Fsp3) is 0.769. The van der Waals surface area contributed by atoms with Gasteiger partial charge >= 0.3 is 11.9 Å². The number of allylic oxidation sites excluding steroid dienone is 1. The van der Waals surface area contributed by atoms with Crippen molar-refractivity contribution >= 4 is 11.9 Å². The van der Waals surface area contributed by atoms with Crippen LogP contribution in [0.1, 0.15) is 97.3 Å². The van der Waals surface area contributed by atoms with Gasteiger partial charge in [-0.15, -0.1) is 0 Å². The Bertz CT molecular complexity index is 609. The highest BCUT2D eigenvalue weighted by molar-refractivity contribution is 5.82. The lowest BCUT2D eigenvalue weighted by Crippen LogP contribution is -2.38. The number of rotatable bonds is 12.